The predicted octanol–water partition coefficient (Wildman–Crippen LogP) is 3.01. The van der Waals surface area contributed by atoms with Gasteiger partial charge in [0.2, 0.25) is 5.89 Å². The highest BCUT2D eigenvalue weighted by atomic mass is 19.1. The SMILES string of the molecule is COCc1noc(C(C)N2CCCC(C(=O)c3ccc(F)cc3)C2)n1. The van der Waals surface area contributed by atoms with E-state index >= 15 is 0 Å². The largest absolute Gasteiger partial charge is 0.377 e. The molecule has 2 atom stereocenters. The van der Waals surface area contributed by atoms with Gasteiger partial charge < -0.3 is 9.26 Å². The molecule has 0 spiro atoms. The van der Waals surface area contributed by atoms with Gasteiger partial charge in [-0.05, 0) is 50.6 Å². The number of benzene rings is 1. The highest BCUT2D eigenvalue weighted by molar-refractivity contribution is 5.98. The number of Topliss-reactive ketones (excluding diaryl/α,β-unsaturated/α-hetero) is 1. The van der Waals surface area contributed by atoms with E-state index < -0.39 is 0 Å². The van der Waals surface area contributed by atoms with Gasteiger partial charge in [-0.15, -0.1) is 0 Å². The third-order valence-electron chi connectivity index (χ3n) is 4.61. The van der Waals surface area contributed by atoms with Gasteiger partial charge in [0.15, 0.2) is 11.6 Å². The van der Waals surface area contributed by atoms with Crippen molar-refractivity contribution in [2.75, 3.05) is 20.2 Å². The summed E-state index contributed by atoms with van der Waals surface area (Å²) in [5, 5.41) is 3.89. The van der Waals surface area contributed by atoms with E-state index in [1.807, 2.05) is 6.92 Å². The fourth-order valence-corrected chi connectivity index (χ4v) is 3.20. The Morgan fingerprint density at radius 3 is 2.92 bits per heavy atom. The summed E-state index contributed by atoms with van der Waals surface area (Å²) in [6.07, 6.45) is 1.75. The van der Waals surface area contributed by atoms with Crippen LogP contribution in [0.25, 0.3) is 0 Å². The van der Waals surface area contributed by atoms with Crippen LogP contribution >= 0.6 is 0 Å². The molecule has 1 aliphatic rings. The molecule has 134 valence electrons. The molecule has 3 rings (SSSR count). The Morgan fingerprint density at radius 1 is 1.44 bits per heavy atom. The van der Waals surface area contributed by atoms with Gasteiger partial charge in [0.05, 0.1) is 6.04 Å². The zero-order valence-corrected chi connectivity index (χ0v) is 14.4. The summed E-state index contributed by atoms with van der Waals surface area (Å²) >= 11 is 0. The van der Waals surface area contributed by atoms with Gasteiger partial charge in [-0.2, -0.15) is 4.98 Å². The van der Waals surface area contributed by atoms with E-state index in [9.17, 15) is 9.18 Å². The lowest BCUT2D eigenvalue weighted by Gasteiger charge is -2.34. The summed E-state index contributed by atoms with van der Waals surface area (Å²) in [6, 6.07) is 5.68. The topological polar surface area (TPSA) is 68.5 Å². The predicted molar refractivity (Wildman–Crippen MR) is 88.5 cm³/mol. The van der Waals surface area contributed by atoms with E-state index in [4.69, 9.17) is 9.26 Å². The zero-order chi connectivity index (χ0) is 17.8. The lowest BCUT2D eigenvalue weighted by atomic mass is 9.89. The molecule has 0 radical (unpaired) electrons. The highest BCUT2D eigenvalue weighted by Crippen LogP contribution is 2.27. The molecule has 0 saturated carbocycles. The molecule has 1 aromatic carbocycles. The number of piperidine rings is 1. The average molecular weight is 347 g/mol. The maximum Gasteiger partial charge on any atom is 0.243 e. The molecule has 0 bridgehead atoms. The van der Waals surface area contributed by atoms with Gasteiger partial charge in [-0.1, -0.05) is 5.16 Å². The van der Waals surface area contributed by atoms with Crippen molar-refractivity contribution in [1.29, 1.82) is 0 Å². The summed E-state index contributed by atoms with van der Waals surface area (Å²) in [5.74, 6) is 0.659. The zero-order valence-electron chi connectivity index (χ0n) is 14.4. The van der Waals surface area contributed by atoms with Crippen LogP contribution in [0.2, 0.25) is 0 Å². The Bertz CT molecular complexity index is 717. The van der Waals surface area contributed by atoms with Crippen LogP contribution < -0.4 is 0 Å². The van der Waals surface area contributed by atoms with Crippen molar-refractivity contribution in [2.24, 2.45) is 5.92 Å². The van der Waals surface area contributed by atoms with Gasteiger partial charge in [0, 0.05) is 25.1 Å². The smallest absolute Gasteiger partial charge is 0.243 e. The number of ketones is 1. The number of rotatable bonds is 6. The van der Waals surface area contributed by atoms with Crippen LogP contribution in [0.5, 0.6) is 0 Å². The van der Waals surface area contributed by atoms with Crippen molar-refractivity contribution < 1.29 is 18.4 Å². The van der Waals surface area contributed by atoms with Crippen LogP contribution in [0, 0.1) is 11.7 Å². The first-order chi connectivity index (χ1) is 12.1. The van der Waals surface area contributed by atoms with Gasteiger partial charge in [-0.25, -0.2) is 4.39 Å². The van der Waals surface area contributed by atoms with Crippen molar-refractivity contribution in [1.82, 2.24) is 15.0 Å². The first-order valence-corrected chi connectivity index (χ1v) is 8.43. The van der Waals surface area contributed by atoms with E-state index in [0.29, 0.717) is 30.4 Å². The van der Waals surface area contributed by atoms with Crippen molar-refractivity contribution in [3.05, 3.63) is 47.4 Å². The second-order valence-corrected chi connectivity index (χ2v) is 6.36. The molecule has 6 nitrogen and oxygen atoms in total. The van der Waals surface area contributed by atoms with Crippen LogP contribution in [-0.4, -0.2) is 41.0 Å². The first kappa shape index (κ1) is 17.7. The van der Waals surface area contributed by atoms with E-state index in [-0.39, 0.29) is 23.6 Å². The summed E-state index contributed by atoms with van der Waals surface area (Å²) in [5.41, 5.74) is 0.557. The number of hydrogen-bond donors (Lipinski definition) is 0. The molecule has 25 heavy (non-hydrogen) atoms. The van der Waals surface area contributed by atoms with Crippen molar-refractivity contribution in [3.63, 3.8) is 0 Å². The maximum absolute atomic E-state index is 13.1. The number of aromatic nitrogens is 2. The molecule has 7 heteroatoms. The number of nitrogens with zero attached hydrogens (tertiary/aromatic N) is 3. The van der Waals surface area contributed by atoms with Gasteiger partial charge >= 0.3 is 0 Å². The maximum atomic E-state index is 13.1. The monoisotopic (exact) mass is 347 g/mol. The van der Waals surface area contributed by atoms with E-state index in [1.165, 1.54) is 12.1 Å². The molecule has 1 fully saturated rings. The van der Waals surface area contributed by atoms with Crippen molar-refractivity contribution >= 4 is 5.78 Å². The minimum atomic E-state index is -0.335. The van der Waals surface area contributed by atoms with Crippen LogP contribution in [-0.2, 0) is 11.3 Å². The van der Waals surface area contributed by atoms with Crippen LogP contribution in [0.15, 0.2) is 28.8 Å². The number of ether oxygens (including phenoxy) is 1. The summed E-state index contributed by atoms with van der Waals surface area (Å²) in [4.78, 5) is 19.2. The fourth-order valence-electron chi connectivity index (χ4n) is 3.20. The highest BCUT2D eigenvalue weighted by Gasteiger charge is 2.31. The van der Waals surface area contributed by atoms with Gasteiger partial charge in [0.25, 0.3) is 0 Å². The third kappa shape index (κ3) is 4.11. The molecule has 2 aromatic rings. The number of carbonyl (C=O) groups is 1. The first-order valence-electron chi connectivity index (χ1n) is 8.43. The van der Waals surface area contributed by atoms with Crippen LogP contribution in [0.1, 0.15) is 47.9 Å². The number of hydrogen-bond acceptors (Lipinski definition) is 6. The van der Waals surface area contributed by atoms with Crippen molar-refractivity contribution in [2.45, 2.75) is 32.4 Å². The summed E-state index contributed by atoms with van der Waals surface area (Å²) in [6.45, 7) is 3.80. The number of carbonyl (C=O) groups excluding carboxylic acids is 1. The lowest BCUT2D eigenvalue weighted by Crippen LogP contribution is -2.40. The van der Waals surface area contributed by atoms with Crippen molar-refractivity contribution in [3.8, 4) is 0 Å². The second-order valence-electron chi connectivity index (χ2n) is 6.36. The quantitative estimate of drug-likeness (QED) is 0.748. The minimum absolute atomic E-state index is 0.0579. The molecule has 1 saturated heterocycles. The Morgan fingerprint density at radius 2 is 2.20 bits per heavy atom. The van der Waals surface area contributed by atoms with Crippen LogP contribution in [0.4, 0.5) is 4.39 Å². The Kier molecular flexibility index (Phi) is 5.55. The van der Waals surface area contributed by atoms with E-state index in [2.05, 4.69) is 15.0 Å². The molecule has 0 amide bonds. The number of halogens is 1. The molecule has 0 aliphatic carbocycles. The normalized spacial score (nSPS) is 19.7. The lowest BCUT2D eigenvalue weighted by molar-refractivity contribution is 0.0730. The Balaban J connectivity index is 1.67. The minimum Gasteiger partial charge on any atom is -0.377 e. The standard InChI is InChI=1S/C18H22FN3O3/c1-12(18-20-16(11-24-2)21-25-18)22-9-3-4-14(10-22)17(23)13-5-7-15(19)8-6-13/h5-8,12,14H,3-4,9-11H2,1-2H3. The molecular weight excluding hydrogens is 325 g/mol. The fraction of sp³-hybridized carbons (Fsp3) is 0.500. The molecule has 2 unspecified atom stereocenters. The molecule has 0 N–H and O–H groups in total. The molecule has 1 aliphatic heterocycles. The Hall–Kier alpha value is -2.12. The van der Waals surface area contributed by atoms with Gasteiger partial charge in [0.1, 0.15) is 12.4 Å². The summed E-state index contributed by atoms with van der Waals surface area (Å²) < 4.78 is 23.4. The molecule has 1 aromatic heterocycles. The van der Waals surface area contributed by atoms with E-state index in [0.717, 1.165) is 19.4 Å². The average Bonchev–Trinajstić information content (AvgIpc) is 3.10. The second kappa shape index (κ2) is 7.84. The third-order valence-corrected chi connectivity index (χ3v) is 4.61. The van der Waals surface area contributed by atoms with Gasteiger partial charge in [-0.3, -0.25) is 9.69 Å². The summed E-state index contributed by atoms with van der Waals surface area (Å²) in [7, 11) is 1.58. The number of likely N-dealkylation sites (tertiary alicyclic amines) is 1. The number of methoxy groups -OCH3 is 1. The Labute approximate surface area is 146 Å². The van der Waals surface area contributed by atoms with Crippen LogP contribution in [0.3, 0.4) is 0 Å². The molecular formula is C18H22FN3O3. The van der Waals surface area contributed by atoms with E-state index in [1.54, 1.807) is 19.2 Å². The molecule has 2 heterocycles.